The number of amides is 1. The highest BCUT2D eigenvalue weighted by atomic mass is 16.5. The maximum Gasteiger partial charge on any atom is 0.295 e. The van der Waals surface area contributed by atoms with Crippen LogP contribution < -0.4 is 4.74 Å². The van der Waals surface area contributed by atoms with Gasteiger partial charge < -0.3 is 19.5 Å². The lowest BCUT2D eigenvalue weighted by atomic mass is 9.95. The Morgan fingerprint density at radius 1 is 0.946 bits per heavy atom. The number of aromatic nitrogens is 1. The maximum atomic E-state index is 13.3. The summed E-state index contributed by atoms with van der Waals surface area (Å²) in [5.41, 5.74) is 1.19. The van der Waals surface area contributed by atoms with E-state index in [2.05, 4.69) is 9.88 Å². The molecule has 1 atom stereocenters. The van der Waals surface area contributed by atoms with Crippen LogP contribution in [0.5, 0.6) is 11.5 Å². The van der Waals surface area contributed by atoms with Crippen molar-refractivity contribution in [1.29, 1.82) is 0 Å². The van der Waals surface area contributed by atoms with Crippen LogP contribution in [0.3, 0.4) is 0 Å². The van der Waals surface area contributed by atoms with E-state index >= 15 is 0 Å². The maximum absolute atomic E-state index is 13.3. The standard InChI is InChI=1S/C29H29N3O5/c33-27(21-10-12-30-13-11-21)25-26(22-6-4-9-24(20-22)37-23-7-2-1-3-8-23)32(29(35)28(25)34)15-5-14-31-16-18-36-19-17-31/h1-4,6-13,20,26,33H,5,14-19H2. The third-order valence-corrected chi connectivity index (χ3v) is 6.62. The van der Waals surface area contributed by atoms with Crippen molar-refractivity contribution in [1.82, 2.24) is 14.8 Å². The van der Waals surface area contributed by atoms with Crippen LogP contribution in [0.25, 0.3) is 5.76 Å². The van der Waals surface area contributed by atoms with Crippen molar-refractivity contribution in [2.24, 2.45) is 0 Å². The number of benzene rings is 2. The van der Waals surface area contributed by atoms with Crippen molar-refractivity contribution >= 4 is 17.4 Å². The summed E-state index contributed by atoms with van der Waals surface area (Å²) in [6.45, 7) is 4.27. The average Bonchev–Trinajstić information content (AvgIpc) is 3.19. The first-order chi connectivity index (χ1) is 18.1. The van der Waals surface area contributed by atoms with E-state index in [4.69, 9.17) is 9.47 Å². The summed E-state index contributed by atoms with van der Waals surface area (Å²) in [4.78, 5) is 34.4. The van der Waals surface area contributed by atoms with E-state index in [1.807, 2.05) is 54.6 Å². The molecule has 0 spiro atoms. The number of Topliss-reactive ketones (excluding diaryl/α,β-unsaturated/α-hetero) is 1. The molecule has 190 valence electrons. The summed E-state index contributed by atoms with van der Waals surface area (Å²) in [7, 11) is 0. The van der Waals surface area contributed by atoms with Gasteiger partial charge in [0.2, 0.25) is 0 Å². The number of nitrogens with zero attached hydrogens (tertiary/aromatic N) is 3. The van der Waals surface area contributed by atoms with Crippen molar-refractivity contribution in [2.45, 2.75) is 12.5 Å². The van der Waals surface area contributed by atoms with Gasteiger partial charge in [0.05, 0.1) is 24.8 Å². The minimum Gasteiger partial charge on any atom is -0.507 e. The lowest BCUT2D eigenvalue weighted by Crippen LogP contribution is -2.38. The van der Waals surface area contributed by atoms with Gasteiger partial charge in [-0.25, -0.2) is 0 Å². The molecule has 1 unspecified atom stereocenters. The summed E-state index contributed by atoms with van der Waals surface area (Å²) in [6.07, 6.45) is 3.77. The number of carbonyl (C=O) groups is 2. The summed E-state index contributed by atoms with van der Waals surface area (Å²) >= 11 is 0. The van der Waals surface area contributed by atoms with E-state index in [1.165, 1.54) is 12.4 Å². The number of rotatable bonds is 8. The van der Waals surface area contributed by atoms with Crippen molar-refractivity contribution < 1.29 is 24.2 Å². The second kappa shape index (κ2) is 11.4. The van der Waals surface area contributed by atoms with Gasteiger partial charge in [-0.15, -0.1) is 0 Å². The zero-order valence-corrected chi connectivity index (χ0v) is 20.5. The molecular formula is C29H29N3O5. The van der Waals surface area contributed by atoms with Crippen LogP contribution in [0.2, 0.25) is 0 Å². The molecule has 2 aliphatic heterocycles. The second-order valence-corrected chi connectivity index (χ2v) is 9.02. The minimum atomic E-state index is -0.739. The minimum absolute atomic E-state index is 0.0689. The van der Waals surface area contributed by atoms with Crippen LogP contribution in [0.1, 0.15) is 23.6 Å². The molecule has 1 N–H and O–H groups in total. The molecule has 5 rings (SSSR count). The molecule has 0 saturated carbocycles. The molecule has 0 bridgehead atoms. The Morgan fingerprint density at radius 3 is 2.43 bits per heavy atom. The molecule has 0 radical (unpaired) electrons. The van der Waals surface area contributed by atoms with Crippen LogP contribution in [0.4, 0.5) is 0 Å². The highest BCUT2D eigenvalue weighted by Crippen LogP contribution is 2.40. The number of ketones is 1. The summed E-state index contributed by atoms with van der Waals surface area (Å²) in [5.74, 6) is -0.268. The predicted octanol–water partition coefficient (Wildman–Crippen LogP) is 4.02. The zero-order chi connectivity index (χ0) is 25.6. The van der Waals surface area contributed by atoms with Gasteiger partial charge in [0.15, 0.2) is 0 Å². The monoisotopic (exact) mass is 499 g/mol. The first-order valence-corrected chi connectivity index (χ1v) is 12.4. The number of para-hydroxylation sites is 1. The first kappa shape index (κ1) is 24.7. The molecule has 8 nitrogen and oxygen atoms in total. The Balaban J connectivity index is 1.48. The lowest BCUT2D eigenvalue weighted by molar-refractivity contribution is -0.140. The molecule has 37 heavy (non-hydrogen) atoms. The molecule has 2 aromatic carbocycles. The van der Waals surface area contributed by atoms with Gasteiger partial charge in [-0.3, -0.25) is 19.5 Å². The Labute approximate surface area is 215 Å². The van der Waals surface area contributed by atoms with E-state index < -0.39 is 17.7 Å². The fourth-order valence-electron chi connectivity index (χ4n) is 4.78. The number of aliphatic hydroxyl groups excluding tert-OH is 1. The van der Waals surface area contributed by atoms with E-state index in [1.54, 1.807) is 17.0 Å². The van der Waals surface area contributed by atoms with Crippen LogP contribution in [0, 0.1) is 0 Å². The summed E-state index contributed by atoms with van der Waals surface area (Å²) < 4.78 is 11.4. The molecule has 2 saturated heterocycles. The number of hydrogen-bond acceptors (Lipinski definition) is 7. The Bertz CT molecular complexity index is 1270. The Kier molecular flexibility index (Phi) is 7.58. The van der Waals surface area contributed by atoms with Gasteiger partial charge in [-0.05, 0) is 48.4 Å². The Morgan fingerprint density at radius 2 is 1.68 bits per heavy atom. The normalized spacial score (nSPS) is 19.8. The molecule has 1 amide bonds. The molecule has 3 heterocycles. The van der Waals surface area contributed by atoms with Gasteiger partial charge in [0.25, 0.3) is 11.7 Å². The molecule has 1 aromatic heterocycles. The fourth-order valence-corrected chi connectivity index (χ4v) is 4.78. The van der Waals surface area contributed by atoms with E-state index in [0.717, 1.165) is 19.6 Å². The first-order valence-electron chi connectivity index (χ1n) is 12.4. The SMILES string of the molecule is O=C1C(=O)N(CCCN2CCOCC2)C(c2cccc(Oc3ccccc3)c2)C1=C(O)c1ccncc1. The van der Waals surface area contributed by atoms with Crippen molar-refractivity contribution in [3.05, 3.63) is 95.8 Å². The van der Waals surface area contributed by atoms with E-state index in [-0.39, 0.29) is 11.3 Å². The van der Waals surface area contributed by atoms with Gasteiger partial charge >= 0.3 is 0 Å². The van der Waals surface area contributed by atoms with Crippen molar-refractivity contribution in [3.63, 3.8) is 0 Å². The number of hydrogen-bond donors (Lipinski definition) is 1. The molecule has 0 aliphatic carbocycles. The van der Waals surface area contributed by atoms with E-state index in [0.29, 0.717) is 48.8 Å². The molecular weight excluding hydrogens is 470 g/mol. The number of ether oxygens (including phenoxy) is 2. The van der Waals surface area contributed by atoms with Crippen LogP contribution in [0.15, 0.2) is 84.7 Å². The molecule has 8 heteroatoms. The Hall–Kier alpha value is -4.01. The average molecular weight is 500 g/mol. The van der Waals surface area contributed by atoms with E-state index in [9.17, 15) is 14.7 Å². The third-order valence-electron chi connectivity index (χ3n) is 6.62. The highest BCUT2D eigenvalue weighted by Gasteiger charge is 2.46. The molecule has 3 aromatic rings. The lowest BCUT2D eigenvalue weighted by Gasteiger charge is -2.29. The summed E-state index contributed by atoms with van der Waals surface area (Å²) in [6, 6.07) is 19.2. The number of pyridine rings is 1. The van der Waals surface area contributed by atoms with Crippen LogP contribution in [-0.4, -0.2) is 71.0 Å². The van der Waals surface area contributed by atoms with Gasteiger partial charge in [-0.2, -0.15) is 0 Å². The number of likely N-dealkylation sites (tertiary alicyclic amines) is 1. The van der Waals surface area contributed by atoms with Crippen molar-refractivity contribution in [3.8, 4) is 11.5 Å². The fraction of sp³-hybridized carbons (Fsp3) is 0.276. The summed E-state index contributed by atoms with van der Waals surface area (Å²) in [5, 5.41) is 11.2. The van der Waals surface area contributed by atoms with Crippen LogP contribution in [-0.2, 0) is 14.3 Å². The van der Waals surface area contributed by atoms with Crippen molar-refractivity contribution in [2.75, 3.05) is 39.4 Å². The third kappa shape index (κ3) is 5.55. The second-order valence-electron chi connectivity index (χ2n) is 9.02. The highest BCUT2D eigenvalue weighted by molar-refractivity contribution is 6.46. The molecule has 2 fully saturated rings. The van der Waals surface area contributed by atoms with Gasteiger partial charge in [0.1, 0.15) is 17.3 Å². The topological polar surface area (TPSA) is 92.2 Å². The zero-order valence-electron chi connectivity index (χ0n) is 20.5. The molecule has 2 aliphatic rings. The number of aliphatic hydroxyl groups is 1. The largest absolute Gasteiger partial charge is 0.507 e. The number of carbonyl (C=O) groups excluding carboxylic acids is 2. The predicted molar refractivity (Wildman–Crippen MR) is 138 cm³/mol. The van der Waals surface area contributed by atoms with Crippen LogP contribution >= 0.6 is 0 Å². The number of morpholine rings is 1. The smallest absolute Gasteiger partial charge is 0.295 e. The van der Waals surface area contributed by atoms with Gasteiger partial charge in [-0.1, -0.05) is 30.3 Å². The van der Waals surface area contributed by atoms with Gasteiger partial charge in [0, 0.05) is 44.1 Å². The quantitative estimate of drug-likeness (QED) is 0.284.